The Hall–Kier alpha value is -1.37. The molecular weight excluding hydrogens is 358 g/mol. The molecule has 0 heterocycles. The summed E-state index contributed by atoms with van der Waals surface area (Å²) in [6.07, 6.45) is 2.08. The van der Waals surface area contributed by atoms with Gasteiger partial charge in [-0.05, 0) is 51.0 Å². The Labute approximate surface area is 167 Å². The minimum absolute atomic E-state index is 0.285. The summed E-state index contributed by atoms with van der Waals surface area (Å²) in [5.74, 6) is 0.378. The summed E-state index contributed by atoms with van der Waals surface area (Å²) < 4.78 is 11.1. The molecule has 0 bridgehead atoms. The average molecular weight is 396 g/mol. The van der Waals surface area contributed by atoms with Gasteiger partial charge in [0.05, 0.1) is 34.2 Å². The molecule has 2 N–H and O–H groups in total. The van der Waals surface area contributed by atoms with E-state index >= 15 is 0 Å². The number of unbranched alkanes of at least 4 members (excludes halogenated alkanes) is 1. The van der Waals surface area contributed by atoms with Gasteiger partial charge < -0.3 is 19.9 Å². The highest BCUT2D eigenvalue weighted by molar-refractivity contribution is 6.14. The van der Waals surface area contributed by atoms with Crippen LogP contribution in [0.5, 0.6) is 0 Å². The molecule has 5 nitrogen and oxygen atoms in total. The number of carbonyl (C=O) groups is 1. The average Bonchev–Trinajstić information content (AvgIpc) is 2.56. The second-order valence-corrected chi connectivity index (χ2v) is 10.9. The molecule has 1 amide bonds. The molecular formula is C21H37NO4Si. The van der Waals surface area contributed by atoms with Gasteiger partial charge in [0, 0.05) is 6.61 Å². The molecule has 6 heteroatoms. The SMILES string of the molecule is CC(C)CC(NC(=O)OC(C)(C)[SiH3])C(O)CCCCOCc1ccccc1. The van der Waals surface area contributed by atoms with E-state index in [4.69, 9.17) is 9.47 Å². The lowest BCUT2D eigenvalue weighted by molar-refractivity contribution is 0.0646. The van der Waals surface area contributed by atoms with Crippen molar-refractivity contribution in [3.8, 4) is 0 Å². The number of alkyl carbamates (subject to hydrolysis) is 1. The van der Waals surface area contributed by atoms with Crippen LogP contribution in [0, 0.1) is 5.92 Å². The molecule has 1 aromatic rings. The third-order valence-corrected chi connectivity index (χ3v) is 4.25. The molecule has 154 valence electrons. The van der Waals surface area contributed by atoms with Crippen LogP contribution < -0.4 is 5.32 Å². The van der Waals surface area contributed by atoms with E-state index in [1.807, 2.05) is 44.2 Å². The van der Waals surface area contributed by atoms with Crippen LogP contribution in [0.4, 0.5) is 4.79 Å². The predicted molar refractivity (Wildman–Crippen MR) is 113 cm³/mol. The Morgan fingerprint density at radius 1 is 1.22 bits per heavy atom. The number of ether oxygens (including phenoxy) is 2. The molecule has 1 rings (SSSR count). The summed E-state index contributed by atoms with van der Waals surface area (Å²) in [4.78, 5) is 12.1. The van der Waals surface area contributed by atoms with Crippen molar-refractivity contribution < 1.29 is 19.4 Å². The van der Waals surface area contributed by atoms with Crippen molar-refractivity contribution in [1.29, 1.82) is 0 Å². The second-order valence-electron chi connectivity index (χ2n) is 8.48. The summed E-state index contributed by atoms with van der Waals surface area (Å²) in [6.45, 7) is 9.23. The zero-order valence-electron chi connectivity index (χ0n) is 17.5. The van der Waals surface area contributed by atoms with E-state index in [9.17, 15) is 9.90 Å². The van der Waals surface area contributed by atoms with Gasteiger partial charge in [-0.2, -0.15) is 0 Å². The number of hydrogen-bond acceptors (Lipinski definition) is 4. The Kier molecular flexibility index (Phi) is 10.7. The van der Waals surface area contributed by atoms with E-state index in [2.05, 4.69) is 19.2 Å². The van der Waals surface area contributed by atoms with E-state index < -0.39 is 17.4 Å². The Balaban J connectivity index is 2.31. The highest BCUT2D eigenvalue weighted by Crippen LogP contribution is 2.14. The molecule has 0 aromatic heterocycles. The molecule has 2 atom stereocenters. The van der Waals surface area contributed by atoms with Gasteiger partial charge in [-0.25, -0.2) is 4.79 Å². The number of benzene rings is 1. The first kappa shape index (κ1) is 23.7. The summed E-state index contributed by atoms with van der Waals surface area (Å²) in [5.41, 5.74) is 1.17. The van der Waals surface area contributed by atoms with Crippen LogP contribution in [-0.4, -0.2) is 45.4 Å². The lowest BCUT2D eigenvalue weighted by Crippen LogP contribution is -2.46. The first-order chi connectivity index (χ1) is 12.7. The third-order valence-electron chi connectivity index (χ3n) is 4.04. The van der Waals surface area contributed by atoms with Crippen molar-refractivity contribution in [3.63, 3.8) is 0 Å². The number of carbonyl (C=O) groups excluding carboxylic acids is 1. The van der Waals surface area contributed by atoms with Gasteiger partial charge in [0.25, 0.3) is 0 Å². The van der Waals surface area contributed by atoms with E-state index in [0.717, 1.165) is 29.5 Å². The molecule has 0 radical (unpaired) electrons. The summed E-state index contributed by atoms with van der Waals surface area (Å²) >= 11 is 0. The van der Waals surface area contributed by atoms with Gasteiger partial charge in [0.1, 0.15) is 0 Å². The Morgan fingerprint density at radius 2 is 1.89 bits per heavy atom. The molecule has 0 aliphatic carbocycles. The van der Waals surface area contributed by atoms with Crippen LogP contribution in [0.25, 0.3) is 0 Å². The van der Waals surface area contributed by atoms with Gasteiger partial charge in [0.2, 0.25) is 0 Å². The lowest BCUT2D eigenvalue weighted by atomic mass is 9.96. The van der Waals surface area contributed by atoms with Gasteiger partial charge in [-0.1, -0.05) is 44.2 Å². The van der Waals surface area contributed by atoms with Crippen LogP contribution in [0.1, 0.15) is 58.9 Å². The fourth-order valence-corrected chi connectivity index (χ4v) is 2.99. The number of aliphatic hydroxyl groups is 1. The topological polar surface area (TPSA) is 67.8 Å². The van der Waals surface area contributed by atoms with E-state index in [1.165, 1.54) is 5.56 Å². The zero-order chi connectivity index (χ0) is 20.3. The Morgan fingerprint density at radius 3 is 2.48 bits per heavy atom. The molecule has 0 saturated carbocycles. The lowest BCUT2D eigenvalue weighted by Gasteiger charge is -2.28. The van der Waals surface area contributed by atoms with Crippen molar-refractivity contribution in [3.05, 3.63) is 35.9 Å². The largest absolute Gasteiger partial charge is 0.449 e. The quantitative estimate of drug-likeness (QED) is 0.422. The molecule has 0 spiro atoms. The van der Waals surface area contributed by atoms with E-state index in [-0.39, 0.29) is 6.04 Å². The van der Waals surface area contributed by atoms with E-state index in [1.54, 1.807) is 0 Å². The number of amides is 1. The molecule has 0 aliphatic heterocycles. The highest BCUT2D eigenvalue weighted by Gasteiger charge is 2.25. The van der Waals surface area contributed by atoms with Crippen LogP contribution in [0.15, 0.2) is 30.3 Å². The number of rotatable bonds is 12. The van der Waals surface area contributed by atoms with Gasteiger partial charge >= 0.3 is 6.09 Å². The van der Waals surface area contributed by atoms with E-state index in [0.29, 0.717) is 25.6 Å². The summed E-state index contributed by atoms with van der Waals surface area (Å²) in [5, 5.41) is 13.0. The van der Waals surface area contributed by atoms with Crippen LogP contribution in [0.2, 0.25) is 0 Å². The molecule has 2 unspecified atom stereocenters. The van der Waals surface area contributed by atoms with Crippen molar-refractivity contribution >= 4 is 16.3 Å². The first-order valence-corrected chi connectivity index (χ1v) is 11.0. The number of aliphatic hydroxyl groups excluding tert-OH is 1. The predicted octanol–water partition coefficient (Wildman–Crippen LogP) is 2.98. The van der Waals surface area contributed by atoms with Crippen molar-refractivity contribution in [2.45, 2.75) is 77.4 Å². The molecule has 1 aromatic carbocycles. The maximum absolute atomic E-state index is 12.1. The first-order valence-electron chi connectivity index (χ1n) is 9.96. The number of hydrogen-bond donors (Lipinski definition) is 2. The molecule has 27 heavy (non-hydrogen) atoms. The zero-order valence-corrected chi connectivity index (χ0v) is 19.5. The summed E-state index contributed by atoms with van der Waals surface area (Å²) in [7, 11) is 0.754. The molecule has 0 saturated heterocycles. The molecule has 0 fully saturated rings. The fourth-order valence-electron chi connectivity index (χ4n) is 2.80. The monoisotopic (exact) mass is 395 g/mol. The minimum Gasteiger partial charge on any atom is -0.449 e. The molecule has 0 aliphatic rings. The van der Waals surface area contributed by atoms with Crippen molar-refractivity contribution in [2.75, 3.05) is 6.61 Å². The standard InChI is InChI=1S/C21H37NO4Si/c1-16(2)14-18(22-20(24)26-21(3,4)27)19(23)12-8-9-13-25-15-17-10-6-5-7-11-17/h5-7,10-11,16,18-19,23H,8-9,12-15H2,1-4,27H3,(H,22,24). The Bertz CT molecular complexity index is 531. The van der Waals surface area contributed by atoms with Gasteiger partial charge in [0.15, 0.2) is 0 Å². The van der Waals surface area contributed by atoms with Crippen LogP contribution in [0.3, 0.4) is 0 Å². The van der Waals surface area contributed by atoms with Crippen molar-refractivity contribution in [2.24, 2.45) is 5.92 Å². The smallest absolute Gasteiger partial charge is 0.407 e. The van der Waals surface area contributed by atoms with Crippen LogP contribution >= 0.6 is 0 Å². The maximum Gasteiger partial charge on any atom is 0.407 e. The second kappa shape index (κ2) is 12.2. The van der Waals surface area contributed by atoms with Gasteiger partial charge in [-0.15, -0.1) is 0 Å². The highest BCUT2D eigenvalue weighted by atomic mass is 28.1. The number of nitrogens with one attached hydrogen (secondary N) is 1. The summed E-state index contributed by atoms with van der Waals surface area (Å²) in [6, 6.07) is 9.81. The van der Waals surface area contributed by atoms with Crippen LogP contribution in [-0.2, 0) is 16.1 Å². The van der Waals surface area contributed by atoms with Gasteiger partial charge in [-0.3, -0.25) is 0 Å². The maximum atomic E-state index is 12.1. The van der Waals surface area contributed by atoms with Crippen molar-refractivity contribution in [1.82, 2.24) is 5.32 Å². The third kappa shape index (κ3) is 11.8. The minimum atomic E-state index is -0.578. The fraction of sp³-hybridized carbons (Fsp3) is 0.667. The normalized spacial score (nSPS) is 14.1.